The average molecular weight is 849 g/mol. The number of imidazole rings is 2. The second-order valence-corrected chi connectivity index (χ2v) is 16.6. The third-order valence-electron chi connectivity index (χ3n) is 11.9. The Labute approximate surface area is 355 Å². The largest absolute Gasteiger partial charge is 0.453 e. The van der Waals surface area contributed by atoms with Crippen LogP contribution in [0.25, 0.3) is 55.2 Å². The molecule has 0 aliphatic carbocycles. The molecule has 8 rings (SSSR count). The number of rotatable bonds is 10. The number of halogens is 1. The molecule has 2 fully saturated rings. The second kappa shape index (κ2) is 16.9. The number of likely N-dealkylation sites (tertiary alicyclic amines) is 2. The van der Waals surface area contributed by atoms with E-state index < -0.39 is 35.6 Å². The smallest absolute Gasteiger partial charge is 0.407 e. The molecule has 62 heavy (non-hydrogen) atoms. The van der Waals surface area contributed by atoms with Crippen LogP contribution in [0, 0.1) is 17.7 Å². The maximum atomic E-state index is 16.2. The van der Waals surface area contributed by atoms with Crippen LogP contribution in [0.4, 0.5) is 14.0 Å². The van der Waals surface area contributed by atoms with Crippen molar-refractivity contribution in [3.63, 3.8) is 0 Å². The number of nitrogens with zero attached hydrogens (tertiary/aromatic N) is 4. The Morgan fingerprint density at radius 1 is 0.806 bits per heavy atom. The number of aromatic amines is 2. The minimum absolute atomic E-state index is 0.0755. The predicted octanol–water partition coefficient (Wildman–Crippen LogP) is 7.11. The number of carbonyl (C=O) groups is 4. The first kappa shape index (κ1) is 41.9. The van der Waals surface area contributed by atoms with E-state index in [1.807, 2.05) is 27.7 Å². The number of methoxy groups -OCH3 is 1. The molecule has 2 aliphatic heterocycles. The molecule has 5 heterocycles. The minimum Gasteiger partial charge on any atom is -0.453 e. The quantitative estimate of drug-likeness (QED) is 0.103. The zero-order valence-corrected chi connectivity index (χ0v) is 35.3. The number of alkyl carbamates (subject to hydrolysis) is 2. The van der Waals surface area contributed by atoms with Crippen molar-refractivity contribution in [3.05, 3.63) is 82.5 Å². The van der Waals surface area contributed by atoms with Crippen LogP contribution in [-0.2, 0) is 19.1 Å². The normalized spacial score (nSPS) is 17.6. The highest BCUT2D eigenvalue weighted by molar-refractivity contribution is 6.01. The summed E-state index contributed by atoms with van der Waals surface area (Å²) in [5.74, 6) is -0.443. The number of benzene rings is 3. The van der Waals surface area contributed by atoms with Gasteiger partial charge in [-0.05, 0) is 73.2 Å². The van der Waals surface area contributed by atoms with Crippen LogP contribution in [0.3, 0.4) is 0 Å². The van der Waals surface area contributed by atoms with Gasteiger partial charge >= 0.3 is 12.2 Å². The third kappa shape index (κ3) is 7.71. The Morgan fingerprint density at radius 3 is 2.02 bits per heavy atom. The Kier molecular flexibility index (Phi) is 11.5. The van der Waals surface area contributed by atoms with Crippen molar-refractivity contribution in [2.45, 2.75) is 77.6 Å². The van der Waals surface area contributed by atoms with Crippen LogP contribution in [0.15, 0.2) is 64.1 Å². The van der Waals surface area contributed by atoms with Crippen molar-refractivity contribution in [2.75, 3.05) is 27.2 Å². The van der Waals surface area contributed by atoms with Gasteiger partial charge in [-0.3, -0.25) is 14.4 Å². The van der Waals surface area contributed by atoms with E-state index in [0.717, 1.165) is 12.8 Å². The summed E-state index contributed by atoms with van der Waals surface area (Å²) in [5, 5.41) is 6.14. The lowest BCUT2D eigenvalue weighted by Gasteiger charge is -2.30. The fourth-order valence-electron chi connectivity index (χ4n) is 8.62. The van der Waals surface area contributed by atoms with Gasteiger partial charge in [-0.25, -0.2) is 23.9 Å². The summed E-state index contributed by atoms with van der Waals surface area (Å²) < 4.78 is 32.5. The summed E-state index contributed by atoms with van der Waals surface area (Å²) >= 11 is 0. The molecule has 2 unspecified atom stereocenters. The van der Waals surface area contributed by atoms with Crippen molar-refractivity contribution in [1.82, 2.24) is 40.4 Å². The van der Waals surface area contributed by atoms with Gasteiger partial charge < -0.3 is 44.3 Å². The first-order chi connectivity index (χ1) is 29.8. The second-order valence-electron chi connectivity index (χ2n) is 16.6. The highest BCUT2D eigenvalue weighted by atomic mass is 19.1. The number of H-pyrrole nitrogens is 2. The Bertz CT molecular complexity index is 2780. The van der Waals surface area contributed by atoms with Crippen LogP contribution in [-0.4, -0.2) is 93.1 Å². The lowest BCUT2D eigenvalue weighted by molar-refractivity contribution is -0.143. The van der Waals surface area contributed by atoms with Crippen molar-refractivity contribution in [1.29, 1.82) is 0 Å². The summed E-state index contributed by atoms with van der Waals surface area (Å²) in [5.41, 5.74) is 2.25. The Morgan fingerprint density at radius 2 is 1.42 bits per heavy atom. The Balaban J connectivity index is 1.07. The molecule has 0 radical (unpaired) electrons. The maximum Gasteiger partial charge on any atom is 0.407 e. The van der Waals surface area contributed by atoms with Gasteiger partial charge in [0.2, 0.25) is 11.3 Å². The van der Waals surface area contributed by atoms with E-state index in [-0.39, 0.29) is 63.1 Å². The lowest BCUT2D eigenvalue weighted by Crippen LogP contribution is -2.51. The standard InChI is InChI=1S/C45H49FN8O8/c1-22(2)36(52-45(59)60-6)42(56)53-15-7-9-32(53)40-48-20-30(50-40)24-11-13-27-26(17-24)19-29-37(55)28-18-25(12-14-34(28)61-39(29)35(27)46)31-21-49-41(51-31)33-10-8-16-54(33)43(57)38(23(3)4)62-44(58)47-5/h11-14,17-23,32-33,36,38H,7-10,15-16H2,1-6H3,(H,47,58)(H,48,50)(H,49,51)(H,52,59)/t32?,33-,36?,38-/m0/s1. The fourth-order valence-corrected chi connectivity index (χ4v) is 8.62. The Hall–Kier alpha value is -6.78. The predicted molar refractivity (Wildman–Crippen MR) is 228 cm³/mol. The van der Waals surface area contributed by atoms with Crippen LogP contribution in [0.5, 0.6) is 0 Å². The molecule has 4 amide bonds. The molecule has 4 N–H and O–H groups in total. The number of carbonyl (C=O) groups excluding carboxylic acids is 4. The van der Waals surface area contributed by atoms with Gasteiger partial charge in [0.15, 0.2) is 17.5 Å². The van der Waals surface area contributed by atoms with E-state index >= 15 is 4.39 Å². The highest BCUT2D eigenvalue weighted by Crippen LogP contribution is 2.37. The SMILES string of the molecule is CNC(=O)O[C@H](C(=O)N1CCC[C@H]1c1ncc(-c2ccc3oc4c(F)c5ccc(-c6cnc(C7CCCN7C(=O)C(NC(=O)OC)C(C)C)[nH]6)cc5cc4c(=O)c3c2)[nH]1)C(C)C. The molecule has 2 aliphatic rings. The molecular weight excluding hydrogens is 800 g/mol. The van der Waals surface area contributed by atoms with E-state index in [4.69, 9.17) is 13.9 Å². The van der Waals surface area contributed by atoms with Gasteiger partial charge in [0.25, 0.3) is 5.91 Å². The molecule has 0 saturated carbocycles. The van der Waals surface area contributed by atoms with Gasteiger partial charge in [0.05, 0.1) is 53.7 Å². The molecule has 4 atom stereocenters. The molecular formula is C45H49FN8O8. The summed E-state index contributed by atoms with van der Waals surface area (Å²) in [6.45, 7) is 8.35. The molecule has 2 saturated heterocycles. The number of aromatic nitrogens is 4. The molecule has 16 nitrogen and oxygen atoms in total. The summed E-state index contributed by atoms with van der Waals surface area (Å²) in [7, 11) is 2.70. The van der Waals surface area contributed by atoms with Gasteiger partial charge in [-0.15, -0.1) is 0 Å². The first-order valence-electron chi connectivity index (χ1n) is 20.8. The van der Waals surface area contributed by atoms with E-state index in [1.54, 1.807) is 64.7 Å². The number of fused-ring (bicyclic) bond motifs is 3. The fraction of sp³-hybridized carbons (Fsp3) is 0.400. The van der Waals surface area contributed by atoms with Crippen molar-refractivity contribution in [2.24, 2.45) is 11.8 Å². The lowest BCUT2D eigenvalue weighted by atomic mass is 10.0. The molecule has 3 aromatic carbocycles. The molecule has 6 aromatic rings. The van der Waals surface area contributed by atoms with E-state index in [9.17, 15) is 24.0 Å². The van der Waals surface area contributed by atoms with Gasteiger partial charge in [-0.2, -0.15) is 0 Å². The summed E-state index contributed by atoms with van der Waals surface area (Å²) in [6.07, 6.45) is 3.85. The maximum absolute atomic E-state index is 16.2. The van der Waals surface area contributed by atoms with Gasteiger partial charge in [0, 0.05) is 36.7 Å². The van der Waals surface area contributed by atoms with Crippen LogP contribution in [0.1, 0.15) is 77.1 Å². The number of hydrogen-bond donors (Lipinski definition) is 4. The number of hydrogen-bond acceptors (Lipinski definition) is 10. The number of amides is 4. The van der Waals surface area contributed by atoms with Crippen molar-refractivity contribution >= 4 is 56.7 Å². The van der Waals surface area contributed by atoms with Crippen LogP contribution >= 0.6 is 0 Å². The average Bonchev–Trinajstić information content (AvgIpc) is 4.11. The van der Waals surface area contributed by atoms with Crippen LogP contribution in [0.2, 0.25) is 0 Å². The van der Waals surface area contributed by atoms with Crippen LogP contribution < -0.4 is 16.1 Å². The van der Waals surface area contributed by atoms with Crippen molar-refractivity contribution in [3.8, 4) is 22.5 Å². The molecule has 0 bridgehead atoms. The monoisotopic (exact) mass is 848 g/mol. The first-order valence-corrected chi connectivity index (χ1v) is 20.8. The number of ether oxygens (including phenoxy) is 2. The molecule has 0 spiro atoms. The van der Waals surface area contributed by atoms with Gasteiger partial charge in [0.1, 0.15) is 23.3 Å². The zero-order valence-electron chi connectivity index (χ0n) is 35.3. The third-order valence-corrected chi connectivity index (χ3v) is 11.9. The zero-order chi connectivity index (χ0) is 44.0. The topological polar surface area (TPSA) is 205 Å². The molecule has 17 heteroatoms. The molecule has 324 valence electrons. The van der Waals surface area contributed by atoms with E-state index in [2.05, 4.69) is 30.6 Å². The van der Waals surface area contributed by atoms with E-state index in [1.165, 1.54) is 14.2 Å². The summed E-state index contributed by atoms with van der Waals surface area (Å²) in [4.78, 5) is 84.8. The molecule has 3 aromatic heterocycles. The number of nitrogens with one attached hydrogen (secondary N) is 4. The highest BCUT2D eigenvalue weighted by Gasteiger charge is 2.39. The summed E-state index contributed by atoms with van der Waals surface area (Å²) in [6, 6.07) is 10.4. The van der Waals surface area contributed by atoms with E-state index in [0.29, 0.717) is 65.5 Å². The van der Waals surface area contributed by atoms with Gasteiger partial charge in [-0.1, -0.05) is 39.8 Å². The minimum atomic E-state index is -0.958. The van der Waals surface area contributed by atoms with Crippen molar-refractivity contribution < 1.29 is 37.5 Å².